The highest BCUT2D eigenvalue weighted by molar-refractivity contribution is 6.09. The van der Waals surface area contributed by atoms with Crippen molar-refractivity contribution < 1.29 is 4.79 Å². The monoisotopic (exact) mass is 227 g/mol. The number of rotatable bonds is 3. The Morgan fingerprint density at radius 1 is 1.12 bits per heavy atom. The van der Waals surface area contributed by atoms with Gasteiger partial charge in [-0.15, -0.1) is 0 Å². The second-order valence-electron chi connectivity index (χ2n) is 3.90. The van der Waals surface area contributed by atoms with Crippen molar-refractivity contribution in [2.24, 2.45) is 0 Å². The van der Waals surface area contributed by atoms with Gasteiger partial charge >= 0.3 is 0 Å². The second-order valence-corrected chi connectivity index (χ2v) is 3.90. The Bertz CT molecular complexity index is 523. The minimum atomic E-state index is -0.0608. The molecule has 1 heterocycles. The molecule has 0 aliphatic rings. The Kier molecular flexibility index (Phi) is 3.14. The molecule has 17 heavy (non-hydrogen) atoms. The highest BCUT2D eigenvalue weighted by atomic mass is 16.1. The molecule has 86 valence electrons. The van der Waals surface area contributed by atoms with Crippen molar-refractivity contribution in [2.75, 3.05) is 19.0 Å². The molecule has 0 bridgehead atoms. The Hall–Kier alpha value is -2.23. The average Bonchev–Trinajstić information content (AvgIpc) is 2.39. The van der Waals surface area contributed by atoms with E-state index in [9.17, 15) is 4.79 Å². The van der Waals surface area contributed by atoms with E-state index in [1.54, 1.807) is 6.07 Å². The number of carbonyl (C=O) groups excluding carboxylic acids is 1. The summed E-state index contributed by atoms with van der Waals surface area (Å²) in [5, 5.41) is 0. The molecule has 0 unspecified atom stereocenters. The highest BCUT2D eigenvalue weighted by Gasteiger charge is 2.10. The number of anilines is 1. The van der Waals surface area contributed by atoms with E-state index in [-0.39, 0.29) is 5.78 Å². The minimum absolute atomic E-state index is 0.0608. The van der Waals surface area contributed by atoms with E-state index in [0.717, 1.165) is 5.69 Å². The lowest BCUT2D eigenvalue weighted by Crippen LogP contribution is -2.10. The number of ketones is 1. The molecule has 0 aliphatic carbocycles. The normalized spacial score (nSPS) is 10.0. The lowest BCUT2D eigenvalue weighted by atomic mass is 10.1. The van der Waals surface area contributed by atoms with Crippen LogP contribution in [0.2, 0.25) is 0 Å². The number of nitrogens with zero attached hydrogens (tertiary/aromatic N) is 3. The van der Waals surface area contributed by atoms with Crippen LogP contribution in [0.15, 0.2) is 43.0 Å². The van der Waals surface area contributed by atoms with Gasteiger partial charge < -0.3 is 4.90 Å². The summed E-state index contributed by atoms with van der Waals surface area (Å²) in [5.41, 5.74) is 2.14. The lowest BCUT2D eigenvalue weighted by Gasteiger charge is -2.13. The zero-order valence-corrected chi connectivity index (χ0v) is 9.79. The number of hydrogen-bond donors (Lipinski definition) is 0. The van der Waals surface area contributed by atoms with Crippen LogP contribution in [-0.4, -0.2) is 29.8 Å². The fraction of sp³-hybridized carbons (Fsp3) is 0.154. The Morgan fingerprint density at radius 2 is 1.82 bits per heavy atom. The van der Waals surface area contributed by atoms with Crippen LogP contribution >= 0.6 is 0 Å². The van der Waals surface area contributed by atoms with Crippen LogP contribution in [0.3, 0.4) is 0 Å². The van der Waals surface area contributed by atoms with Crippen LogP contribution in [0.4, 0.5) is 5.69 Å². The van der Waals surface area contributed by atoms with E-state index < -0.39 is 0 Å². The maximum Gasteiger partial charge on any atom is 0.196 e. The molecule has 0 fully saturated rings. The van der Waals surface area contributed by atoms with E-state index in [1.165, 1.54) is 18.7 Å². The summed E-state index contributed by atoms with van der Waals surface area (Å²) < 4.78 is 0. The van der Waals surface area contributed by atoms with Crippen molar-refractivity contribution in [1.82, 2.24) is 9.97 Å². The van der Waals surface area contributed by atoms with Crippen LogP contribution in [0.5, 0.6) is 0 Å². The summed E-state index contributed by atoms with van der Waals surface area (Å²) in [4.78, 5) is 21.8. The van der Waals surface area contributed by atoms with Crippen molar-refractivity contribution in [3.05, 3.63) is 54.1 Å². The average molecular weight is 227 g/mol. The van der Waals surface area contributed by atoms with Crippen LogP contribution in [0, 0.1) is 0 Å². The van der Waals surface area contributed by atoms with E-state index in [4.69, 9.17) is 0 Å². The number of hydrogen-bond acceptors (Lipinski definition) is 4. The first kappa shape index (κ1) is 11.3. The molecule has 0 atom stereocenters. The molecule has 0 saturated carbocycles. The predicted molar refractivity (Wildman–Crippen MR) is 66.2 cm³/mol. The fourth-order valence-corrected chi connectivity index (χ4v) is 1.51. The largest absolute Gasteiger partial charge is 0.378 e. The van der Waals surface area contributed by atoms with Gasteiger partial charge in [0.25, 0.3) is 0 Å². The molecule has 0 radical (unpaired) electrons. The summed E-state index contributed by atoms with van der Waals surface area (Å²) in [6.45, 7) is 0. The van der Waals surface area contributed by atoms with Gasteiger partial charge in [-0.2, -0.15) is 0 Å². The summed E-state index contributed by atoms with van der Waals surface area (Å²) >= 11 is 0. The number of benzene rings is 1. The predicted octanol–water partition coefficient (Wildman–Crippen LogP) is 1.77. The van der Waals surface area contributed by atoms with E-state index in [1.807, 2.05) is 37.2 Å². The molecule has 0 N–H and O–H groups in total. The smallest absolute Gasteiger partial charge is 0.196 e. The molecule has 0 saturated heterocycles. The van der Waals surface area contributed by atoms with Crippen LogP contribution < -0.4 is 4.90 Å². The van der Waals surface area contributed by atoms with Gasteiger partial charge in [0.05, 0.1) is 5.56 Å². The molecule has 4 heteroatoms. The number of carbonyl (C=O) groups is 1. The first-order valence-electron chi connectivity index (χ1n) is 5.25. The van der Waals surface area contributed by atoms with Crippen LogP contribution in [0.1, 0.15) is 15.9 Å². The molecule has 4 nitrogen and oxygen atoms in total. The number of aromatic nitrogens is 2. The van der Waals surface area contributed by atoms with Gasteiger partial charge in [-0.25, -0.2) is 9.97 Å². The summed E-state index contributed by atoms with van der Waals surface area (Å²) in [6, 6.07) is 7.47. The van der Waals surface area contributed by atoms with Crippen molar-refractivity contribution in [3.63, 3.8) is 0 Å². The molecular weight excluding hydrogens is 214 g/mol. The highest BCUT2D eigenvalue weighted by Crippen LogP contribution is 2.15. The molecule has 0 spiro atoms. The van der Waals surface area contributed by atoms with E-state index in [0.29, 0.717) is 11.1 Å². The van der Waals surface area contributed by atoms with Gasteiger partial charge in [0.1, 0.15) is 6.33 Å². The molecule has 1 aromatic heterocycles. The quantitative estimate of drug-likeness (QED) is 0.750. The van der Waals surface area contributed by atoms with Crippen LogP contribution in [0.25, 0.3) is 0 Å². The van der Waals surface area contributed by atoms with Crippen molar-refractivity contribution >= 4 is 11.5 Å². The zero-order chi connectivity index (χ0) is 12.3. The topological polar surface area (TPSA) is 46.1 Å². The molecule has 2 rings (SSSR count). The molecule has 0 amide bonds. The van der Waals surface area contributed by atoms with Crippen LogP contribution in [-0.2, 0) is 0 Å². The van der Waals surface area contributed by atoms with Gasteiger partial charge in [-0.1, -0.05) is 12.1 Å². The molecular formula is C13H13N3O. The van der Waals surface area contributed by atoms with Gasteiger partial charge in [0, 0.05) is 37.7 Å². The second kappa shape index (κ2) is 4.74. The third-order valence-corrected chi connectivity index (χ3v) is 2.45. The maximum atomic E-state index is 12.1. The Balaban J connectivity index is 2.35. The summed E-state index contributed by atoms with van der Waals surface area (Å²) in [7, 11) is 3.88. The Labute approximate surface area is 99.9 Å². The minimum Gasteiger partial charge on any atom is -0.378 e. The zero-order valence-electron chi connectivity index (χ0n) is 9.79. The molecule has 0 aliphatic heterocycles. The molecule has 2 aromatic rings. The van der Waals surface area contributed by atoms with E-state index in [2.05, 4.69) is 9.97 Å². The van der Waals surface area contributed by atoms with Crippen molar-refractivity contribution in [1.29, 1.82) is 0 Å². The van der Waals surface area contributed by atoms with Crippen molar-refractivity contribution in [2.45, 2.75) is 0 Å². The fourth-order valence-electron chi connectivity index (χ4n) is 1.51. The summed E-state index contributed by atoms with van der Waals surface area (Å²) in [5.74, 6) is -0.0608. The maximum absolute atomic E-state index is 12.1. The van der Waals surface area contributed by atoms with Gasteiger partial charge in [-0.05, 0) is 12.1 Å². The van der Waals surface area contributed by atoms with Crippen molar-refractivity contribution in [3.8, 4) is 0 Å². The first-order chi connectivity index (χ1) is 8.18. The van der Waals surface area contributed by atoms with Gasteiger partial charge in [-0.3, -0.25) is 4.79 Å². The SMILES string of the molecule is CN(C)c1cccc(C(=O)c2cncnc2)c1. The Morgan fingerprint density at radius 3 is 2.47 bits per heavy atom. The standard InChI is InChI=1S/C13H13N3O/c1-16(2)12-5-3-4-10(6-12)13(17)11-7-14-9-15-8-11/h3-9H,1-2H3. The lowest BCUT2D eigenvalue weighted by molar-refractivity contribution is 0.103. The molecule has 1 aromatic carbocycles. The summed E-state index contributed by atoms with van der Waals surface area (Å²) in [6.07, 6.45) is 4.46. The van der Waals surface area contributed by atoms with Gasteiger partial charge in [0.15, 0.2) is 5.78 Å². The third kappa shape index (κ3) is 2.47. The third-order valence-electron chi connectivity index (χ3n) is 2.45. The first-order valence-corrected chi connectivity index (χ1v) is 5.25. The van der Waals surface area contributed by atoms with E-state index >= 15 is 0 Å². The van der Waals surface area contributed by atoms with Gasteiger partial charge in [0.2, 0.25) is 0 Å².